The van der Waals surface area contributed by atoms with Gasteiger partial charge in [-0.3, -0.25) is 19.4 Å². The third-order valence-corrected chi connectivity index (χ3v) is 4.20. The van der Waals surface area contributed by atoms with Crippen molar-refractivity contribution in [2.24, 2.45) is 7.05 Å². The van der Waals surface area contributed by atoms with Crippen LogP contribution in [0.1, 0.15) is 42.8 Å². The molecule has 2 aromatic heterocycles. The van der Waals surface area contributed by atoms with Gasteiger partial charge in [0.15, 0.2) is 0 Å². The van der Waals surface area contributed by atoms with Crippen molar-refractivity contribution in [3.05, 3.63) is 47.5 Å². The normalized spacial score (nSPS) is 18.3. The lowest BCUT2D eigenvalue weighted by atomic mass is 10.1. The van der Waals surface area contributed by atoms with E-state index < -0.39 is 0 Å². The van der Waals surface area contributed by atoms with Crippen molar-refractivity contribution in [3.8, 4) is 0 Å². The Hall–Kier alpha value is -2.21. The molecule has 0 bridgehead atoms. The molecule has 1 amide bonds. The maximum atomic E-state index is 11.1. The summed E-state index contributed by atoms with van der Waals surface area (Å²) < 4.78 is 1.84. The number of hydrogen-bond acceptors (Lipinski definition) is 4. The summed E-state index contributed by atoms with van der Waals surface area (Å²) in [5.74, 6) is -0.0312. The fourth-order valence-electron chi connectivity index (χ4n) is 3.14. The molecule has 2 aromatic rings. The van der Waals surface area contributed by atoms with E-state index in [1.54, 1.807) is 0 Å². The highest BCUT2D eigenvalue weighted by Gasteiger charge is 2.27. The zero-order chi connectivity index (χ0) is 16.2. The molecular weight excluding hydrogens is 290 g/mol. The monoisotopic (exact) mass is 313 g/mol. The van der Waals surface area contributed by atoms with Crippen LogP contribution in [0, 0.1) is 0 Å². The van der Waals surface area contributed by atoms with E-state index in [0.29, 0.717) is 12.6 Å². The smallest absolute Gasteiger partial charge is 0.217 e. The number of carbonyl (C=O) groups excluding carboxylic acids is 1. The van der Waals surface area contributed by atoms with E-state index >= 15 is 0 Å². The number of rotatable bonds is 5. The molecule has 0 aromatic carbocycles. The molecule has 122 valence electrons. The molecule has 0 radical (unpaired) electrons. The third-order valence-electron chi connectivity index (χ3n) is 4.20. The van der Waals surface area contributed by atoms with E-state index in [9.17, 15) is 4.79 Å². The fourth-order valence-corrected chi connectivity index (χ4v) is 3.14. The van der Waals surface area contributed by atoms with Crippen molar-refractivity contribution >= 4 is 5.91 Å². The summed E-state index contributed by atoms with van der Waals surface area (Å²) in [4.78, 5) is 18.3. The highest BCUT2D eigenvalue weighted by Crippen LogP contribution is 2.32. The molecule has 1 aliphatic heterocycles. The Labute approximate surface area is 136 Å². The number of amides is 1. The Kier molecular flexibility index (Phi) is 4.71. The van der Waals surface area contributed by atoms with Gasteiger partial charge in [0.1, 0.15) is 0 Å². The lowest BCUT2D eigenvalue weighted by Crippen LogP contribution is -2.24. The Bertz CT molecular complexity index is 681. The molecule has 1 saturated heterocycles. The van der Waals surface area contributed by atoms with E-state index in [2.05, 4.69) is 27.6 Å². The van der Waals surface area contributed by atoms with Crippen molar-refractivity contribution in [1.29, 1.82) is 0 Å². The number of hydrogen-bond donors (Lipinski definition) is 1. The first-order valence-electron chi connectivity index (χ1n) is 8.03. The van der Waals surface area contributed by atoms with Gasteiger partial charge in [-0.25, -0.2) is 0 Å². The predicted molar refractivity (Wildman–Crippen MR) is 87.4 cm³/mol. The summed E-state index contributed by atoms with van der Waals surface area (Å²) in [7, 11) is 1.94. The van der Waals surface area contributed by atoms with Gasteiger partial charge in [0.25, 0.3) is 0 Å². The summed E-state index contributed by atoms with van der Waals surface area (Å²) >= 11 is 0. The molecule has 1 fully saturated rings. The maximum absolute atomic E-state index is 11.1. The average Bonchev–Trinajstić information content (AvgIpc) is 3.15. The van der Waals surface area contributed by atoms with Crippen LogP contribution in [0.15, 0.2) is 30.6 Å². The molecule has 3 rings (SSSR count). The van der Waals surface area contributed by atoms with E-state index in [-0.39, 0.29) is 5.91 Å². The second kappa shape index (κ2) is 6.91. The average molecular weight is 313 g/mol. The van der Waals surface area contributed by atoms with Gasteiger partial charge in [-0.15, -0.1) is 0 Å². The molecule has 23 heavy (non-hydrogen) atoms. The van der Waals surface area contributed by atoms with E-state index in [0.717, 1.165) is 30.9 Å². The van der Waals surface area contributed by atoms with E-state index in [1.807, 2.05) is 30.1 Å². The molecule has 6 nitrogen and oxygen atoms in total. The second-order valence-electron chi connectivity index (χ2n) is 6.11. The van der Waals surface area contributed by atoms with Gasteiger partial charge in [-0.05, 0) is 31.5 Å². The van der Waals surface area contributed by atoms with Crippen LogP contribution in [0.5, 0.6) is 0 Å². The van der Waals surface area contributed by atoms with Crippen LogP contribution in [-0.2, 0) is 24.9 Å². The molecule has 1 aliphatic rings. The van der Waals surface area contributed by atoms with E-state index in [4.69, 9.17) is 4.98 Å². The molecule has 0 spiro atoms. The van der Waals surface area contributed by atoms with Crippen molar-refractivity contribution in [3.63, 3.8) is 0 Å². The van der Waals surface area contributed by atoms with E-state index in [1.165, 1.54) is 18.9 Å². The van der Waals surface area contributed by atoms with Gasteiger partial charge in [0, 0.05) is 32.3 Å². The Balaban J connectivity index is 1.71. The molecule has 0 aliphatic carbocycles. The van der Waals surface area contributed by atoms with Gasteiger partial charge >= 0.3 is 0 Å². The molecule has 1 N–H and O–H groups in total. The minimum absolute atomic E-state index is 0.0312. The zero-order valence-electron chi connectivity index (χ0n) is 13.7. The first kappa shape index (κ1) is 15.7. The first-order chi connectivity index (χ1) is 11.1. The molecule has 1 atom stereocenters. The highest BCUT2D eigenvalue weighted by atomic mass is 16.1. The van der Waals surface area contributed by atoms with Gasteiger partial charge in [0.05, 0.1) is 30.2 Å². The zero-order valence-corrected chi connectivity index (χ0v) is 13.7. The van der Waals surface area contributed by atoms with Crippen molar-refractivity contribution < 1.29 is 4.79 Å². The number of likely N-dealkylation sites (tertiary alicyclic amines) is 1. The van der Waals surface area contributed by atoms with Gasteiger partial charge in [-0.1, -0.05) is 6.07 Å². The van der Waals surface area contributed by atoms with Crippen molar-refractivity contribution in [2.75, 3.05) is 6.54 Å². The van der Waals surface area contributed by atoms with Crippen LogP contribution < -0.4 is 5.32 Å². The van der Waals surface area contributed by atoms with Gasteiger partial charge in [-0.2, -0.15) is 5.10 Å². The lowest BCUT2D eigenvalue weighted by molar-refractivity contribution is -0.119. The van der Waals surface area contributed by atoms with Gasteiger partial charge in [0.2, 0.25) is 5.91 Å². The van der Waals surface area contributed by atoms with Crippen LogP contribution in [0.4, 0.5) is 0 Å². The summed E-state index contributed by atoms with van der Waals surface area (Å²) in [6.45, 7) is 3.99. The minimum Gasteiger partial charge on any atom is -0.351 e. The molecule has 0 unspecified atom stereocenters. The number of pyridine rings is 1. The molecule has 0 saturated carbocycles. The van der Waals surface area contributed by atoms with Crippen molar-refractivity contribution in [2.45, 2.75) is 38.9 Å². The number of carbonyl (C=O) groups is 1. The van der Waals surface area contributed by atoms with Crippen molar-refractivity contribution in [1.82, 2.24) is 25.0 Å². The molecule has 6 heteroatoms. The topological polar surface area (TPSA) is 63.1 Å². The van der Waals surface area contributed by atoms with Crippen LogP contribution >= 0.6 is 0 Å². The lowest BCUT2D eigenvalue weighted by Gasteiger charge is -2.23. The van der Waals surface area contributed by atoms with Crippen LogP contribution in [0.3, 0.4) is 0 Å². The number of nitrogens with zero attached hydrogens (tertiary/aromatic N) is 4. The second-order valence-corrected chi connectivity index (χ2v) is 6.11. The summed E-state index contributed by atoms with van der Waals surface area (Å²) in [6, 6.07) is 6.41. The van der Waals surface area contributed by atoms with Gasteiger partial charge < -0.3 is 5.32 Å². The third kappa shape index (κ3) is 3.96. The summed E-state index contributed by atoms with van der Waals surface area (Å²) in [5, 5.41) is 7.05. The quantitative estimate of drug-likeness (QED) is 0.914. The number of aromatic nitrogens is 3. The molecule has 3 heterocycles. The SMILES string of the molecule is CC(=O)NCc1cccc([C@@H]2CCCN2Cc2cnn(C)c2)n1. The van der Waals surface area contributed by atoms with Crippen LogP contribution in [0.25, 0.3) is 0 Å². The Morgan fingerprint density at radius 1 is 1.43 bits per heavy atom. The largest absolute Gasteiger partial charge is 0.351 e. The fraction of sp³-hybridized carbons (Fsp3) is 0.471. The number of nitrogens with one attached hydrogen (secondary N) is 1. The highest BCUT2D eigenvalue weighted by molar-refractivity contribution is 5.72. The maximum Gasteiger partial charge on any atom is 0.217 e. The van der Waals surface area contributed by atoms with Crippen LogP contribution in [0.2, 0.25) is 0 Å². The summed E-state index contributed by atoms with van der Waals surface area (Å²) in [6.07, 6.45) is 6.30. The molecular formula is C17H23N5O. The number of aryl methyl sites for hydroxylation is 1. The van der Waals surface area contributed by atoms with Crippen LogP contribution in [-0.4, -0.2) is 32.1 Å². The first-order valence-corrected chi connectivity index (χ1v) is 8.03. The Morgan fingerprint density at radius 2 is 2.30 bits per heavy atom. The predicted octanol–water partition coefficient (Wildman–Crippen LogP) is 1.79. The Morgan fingerprint density at radius 3 is 3.04 bits per heavy atom. The summed E-state index contributed by atoms with van der Waals surface area (Å²) in [5.41, 5.74) is 3.23. The standard InChI is InChI=1S/C17H23N5O/c1-13(23)18-10-15-5-3-6-16(20-15)17-7-4-8-22(17)12-14-9-19-21(2)11-14/h3,5-6,9,11,17H,4,7-8,10,12H2,1-2H3,(H,18,23)/t17-/m0/s1. The minimum atomic E-state index is -0.0312.